The van der Waals surface area contributed by atoms with Gasteiger partial charge >= 0.3 is 5.00 Å². The summed E-state index contributed by atoms with van der Waals surface area (Å²) < 4.78 is 34.2. The summed E-state index contributed by atoms with van der Waals surface area (Å²) in [5, 5.41) is 16.8. The van der Waals surface area contributed by atoms with Gasteiger partial charge in [-0.05, 0) is 54.1 Å². The molecule has 0 bridgehead atoms. The van der Waals surface area contributed by atoms with Crippen LogP contribution in [0.3, 0.4) is 0 Å². The van der Waals surface area contributed by atoms with Crippen LogP contribution in [-0.4, -0.2) is 48.4 Å². The number of anilines is 1. The van der Waals surface area contributed by atoms with Gasteiger partial charge in [-0.1, -0.05) is 59.9 Å². The Balaban J connectivity index is 1.46. The minimum absolute atomic E-state index is 0.0508. The molecule has 0 fully saturated rings. The predicted molar refractivity (Wildman–Crippen MR) is 168 cm³/mol. The highest BCUT2D eigenvalue weighted by atomic mass is 32.2. The number of amides is 1. The molecule has 0 atom stereocenters. The van der Waals surface area contributed by atoms with E-state index in [9.17, 15) is 23.3 Å². The Morgan fingerprint density at radius 1 is 1.05 bits per heavy atom. The number of rotatable bonds is 11. The second-order valence-electron chi connectivity index (χ2n) is 9.07. The van der Waals surface area contributed by atoms with E-state index in [0.717, 1.165) is 26.6 Å². The number of benzene rings is 3. The third-order valence-electron chi connectivity index (χ3n) is 6.34. The van der Waals surface area contributed by atoms with Crippen LogP contribution in [-0.2, 0) is 16.6 Å². The van der Waals surface area contributed by atoms with E-state index in [1.807, 2.05) is 30.3 Å². The quantitative estimate of drug-likeness (QED) is 0.0963. The molecule has 14 heteroatoms. The van der Waals surface area contributed by atoms with Crippen molar-refractivity contribution in [3.05, 3.63) is 111 Å². The van der Waals surface area contributed by atoms with Crippen molar-refractivity contribution in [3.63, 3.8) is 0 Å². The Hall–Kier alpha value is -4.50. The van der Waals surface area contributed by atoms with Crippen LogP contribution in [0.4, 0.5) is 10.1 Å². The van der Waals surface area contributed by atoms with E-state index in [-0.39, 0.29) is 33.7 Å². The van der Waals surface area contributed by atoms with Gasteiger partial charge in [-0.25, -0.2) is 13.4 Å². The molecule has 2 aromatic heterocycles. The fraction of sp³-hybridized carbons (Fsp3) is 0.138. The number of thiazole rings is 1. The number of carbonyl (C=O) groups is 1. The Morgan fingerprint density at radius 3 is 2.44 bits per heavy atom. The van der Waals surface area contributed by atoms with Crippen LogP contribution in [0.1, 0.15) is 27.7 Å². The van der Waals surface area contributed by atoms with E-state index in [0.29, 0.717) is 16.1 Å². The smallest absolute Gasteiger partial charge is 0.324 e. The lowest BCUT2D eigenvalue weighted by molar-refractivity contribution is -0.380. The van der Waals surface area contributed by atoms with E-state index in [2.05, 4.69) is 10.1 Å². The SMILES string of the molecule is CCN(Cc1ccccc1)S(=O)(=O)c1ccc(C(=O)N(/N=C/c2ccc([N+](=O)[O-])s2)c2nc3ccc(OC)cc3s2)cc1. The maximum Gasteiger partial charge on any atom is 0.324 e. The summed E-state index contributed by atoms with van der Waals surface area (Å²) in [7, 11) is -2.29. The molecule has 11 nitrogen and oxygen atoms in total. The number of aromatic nitrogens is 1. The minimum atomic E-state index is -3.84. The lowest BCUT2D eigenvalue weighted by Gasteiger charge is -2.21. The summed E-state index contributed by atoms with van der Waals surface area (Å²) in [6.45, 7) is 2.25. The van der Waals surface area contributed by atoms with Gasteiger partial charge in [0.15, 0.2) is 0 Å². The average molecular weight is 636 g/mol. The molecule has 0 aliphatic carbocycles. The van der Waals surface area contributed by atoms with Gasteiger partial charge in [0, 0.05) is 24.7 Å². The highest BCUT2D eigenvalue weighted by Crippen LogP contribution is 2.33. The molecule has 5 rings (SSSR count). The molecule has 43 heavy (non-hydrogen) atoms. The zero-order valence-corrected chi connectivity index (χ0v) is 25.4. The van der Waals surface area contributed by atoms with Gasteiger partial charge in [-0.15, -0.1) is 0 Å². The Labute approximate surface area is 255 Å². The van der Waals surface area contributed by atoms with Crippen LogP contribution < -0.4 is 9.75 Å². The maximum atomic E-state index is 13.8. The normalized spacial score (nSPS) is 11.8. The molecule has 0 spiro atoms. The Kier molecular flexibility index (Phi) is 8.92. The zero-order valence-electron chi connectivity index (χ0n) is 23.0. The van der Waals surface area contributed by atoms with E-state index >= 15 is 0 Å². The van der Waals surface area contributed by atoms with Crippen molar-refractivity contribution in [2.75, 3.05) is 18.7 Å². The van der Waals surface area contributed by atoms with Gasteiger partial charge in [-0.2, -0.15) is 14.4 Å². The molecule has 0 radical (unpaired) electrons. The Bertz CT molecular complexity index is 1900. The number of nitrogens with zero attached hydrogens (tertiary/aromatic N) is 5. The number of nitro groups is 1. The van der Waals surface area contributed by atoms with Gasteiger partial charge in [0.05, 0.1) is 38.2 Å². The summed E-state index contributed by atoms with van der Waals surface area (Å²) in [5.74, 6) is 0.0640. The topological polar surface area (TPSA) is 135 Å². The number of ether oxygens (including phenoxy) is 1. The third-order valence-corrected chi connectivity index (χ3v) is 10.2. The van der Waals surface area contributed by atoms with Crippen molar-refractivity contribution in [1.82, 2.24) is 9.29 Å². The molecule has 1 amide bonds. The predicted octanol–water partition coefficient (Wildman–Crippen LogP) is 6.17. The molecule has 0 aliphatic heterocycles. The first-order chi connectivity index (χ1) is 20.7. The highest BCUT2D eigenvalue weighted by molar-refractivity contribution is 7.89. The summed E-state index contributed by atoms with van der Waals surface area (Å²) in [4.78, 5) is 29.4. The van der Waals surface area contributed by atoms with Crippen LogP contribution in [0, 0.1) is 10.1 Å². The van der Waals surface area contributed by atoms with Crippen molar-refractivity contribution in [3.8, 4) is 5.75 Å². The molecule has 3 aromatic carbocycles. The summed E-state index contributed by atoms with van der Waals surface area (Å²) in [6.07, 6.45) is 1.35. The molecular formula is C29H25N5O6S3. The molecule has 0 saturated heterocycles. The van der Waals surface area contributed by atoms with Gasteiger partial charge < -0.3 is 4.74 Å². The second-order valence-corrected chi connectivity index (χ2v) is 13.1. The van der Waals surface area contributed by atoms with Crippen molar-refractivity contribution < 1.29 is 22.9 Å². The summed E-state index contributed by atoms with van der Waals surface area (Å²) in [6, 6.07) is 23.1. The molecule has 220 valence electrons. The monoisotopic (exact) mass is 635 g/mol. The van der Waals surface area contributed by atoms with E-state index in [1.165, 1.54) is 58.3 Å². The van der Waals surface area contributed by atoms with Crippen molar-refractivity contribution >= 4 is 65.2 Å². The number of thiophene rings is 1. The van der Waals surface area contributed by atoms with E-state index in [1.54, 1.807) is 32.2 Å². The minimum Gasteiger partial charge on any atom is -0.497 e. The maximum absolute atomic E-state index is 13.8. The first-order valence-electron chi connectivity index (χ1n) is 12.9. The van der Waals surface area contributed by atoms with E-state index in [4.69, 9.17) is 4.74 Å². The standard InChI is InChI=1S/C29H25N5O6S3/c1-3-32(19-20-7-5-4-6-8-20)43(38,39)24-13-9-21(10-14-24)28(35)33(30-18-23-12-16-27(41-23)34(36)37)29-31-25-15-11-22(40-2)17-26(25)42-29/h4-18H,3,19H2,1-2H3/b30-18+. The zero-order chi connectivity index (χ0) is 30.6. The van der Waals surface area contributed by atoms with Gasteiger partial charge in [0.2, 0.25) is 15.2 Å². The van der Waals surface area contributed by atoms with Gasteiger partial charge in [0.25, 0.3) is 5.91 Å². The molecule has 0 unspecified atom stereocenters. The number of hydrogen-bond acceptors (Lipinski definition) is 10. The fourth-order valence-corrected chi connectivity index (χ4v) is 7.19. The van der Waals surface area contributed by atoms with E-state index < -0.39 is 20.9 Å². The number of hydrogen-bond donors (Lipinski definition) is 0. The molecule has 0 N–H and O–H groups in total. The van der Waals surface area contributed by atoms with Crippen LogP contribution >= 0.6 is 22.7 Å². The van der Waals surface area contributed by atoms with Crippen molar-refractivity contribution in [2.24, 2.45) is 5.10 Å². The Morgan fingerprint density at radius 2 is 1.79 bits per heavy atom. The fourth-order valence-electron chi connectivity index (χ4n) is 4.12. The third kappa shape index (κ3) is 6.62. The second kappa shape index (κ2) is 12.8. The van der Waals surface area contributed by atoms with Crippen molar-refractivity contribution in [2.45, 2.75) is 18.4 Å². The first kappa shape index (κ1) is 30.0. The van der Waals surface area contributed by atoms with Crippen LogP contribution in [0.25, 0.3) is 10.2 Å². The number of carbonyl (C=O) groups excluding carboxylic acids is 1. The van der Waals surface area contributed by atoms with Gasteiger partial charge in [0.1, 0.15) is 5.75 Å². The lowest BCUT2D eigenvalue weighted by Crippen LogP contribution is -2.30. The van der Waals surface area contributed by atoms with Crippen LogP contribution in [0.15, 0.2) is 94.9 Å². The molecule has 2 heterocycles. The lowest BCUT2D eigenvalue weighted by atomic mass is 10.2. The summed E-state index contributed by atoms with van der Waals surface area (Å²) in [5.41, 5.74) is 1.66. The number of hydrazone groups is 1. The first-order valence-corrected chi connectivity index (χ1v) is 16.0. The largest absolute Gasteiger partial charge is 0.497 e. The molecule has 0 aliphatic rings. The highest BCUT2D eigenvalue weighted by Gasteiger charge is 2.26. The van der Waals surface area contributed by atoms with Gasteiger partial charge in [-0.3, -0.25) is 14.9 Å². The van der Waals surface area contributed by atoms with Crippen molar-refractivity contribution in [1.29, 1.82) is 0 Å². The van der Waals surface area contributed by atoms with Crippen LogP contribution in [0.5, 0.6) is 5.75 Å². The molecule has 0 saturated carbocycles. The number of sulfonamides is 1. The molecule has 5 aromatic rings. The number of fused-ring (bicyclic) bond motifs is 1. The van der Waals surface area contributed by atoms with Crippen LogP contribution in [0.2, 0.25) is 0 Å². The average Bonchev–Trinajstić information content (AvgIpc) is 3.67. The summed E-state index contributed by atoms with van der Waals surface area (Å²) >= 11 is 2.13. The number of methoxy groups -OCH3 is 1. The molecular weight excluding hydrogens is 611 g/mol.